The fourth-order valence-corrected chi connectivity index (χ4v) is 3.49. The topological polar surface area (TPSA) is 75.2 Å². The number of carbonyl (C=O) groups excluding carboxylic acids is 2. The minimum absolute atomic E-state index is 0.0147. The van der Waals surface area contributed by atoms with Gasteiger partial charge in [-0.05, 0) is 12.5 Å². The van der Waals surface area contributed by atoms with Crippen LogP contribution in [0, 0.1) is 12.8 Å². The van der Waals surface area contributed by atoms with Gasteiger partial charge in [0.05, 0.1) is 5.92 Å². The molecule has 2 amide bonds. The molecule has 1 unspecified atom stereocenters. The van der Waals surface area contributed by atoms with Crippen LogP contribution in [0.5, 0.6) is 0 Å². The minimum atomic E-state index is -0.343. The summed E-state index contributed by atoms with van der Waals surface area (Å²) in [4.78, 5) is 26.4. The van der Waals surface area contributed by atoms with Gasteiger partial charge in [0.1, 0.15) is 5.01 Å². The Bertz CT molecular complexity index is 770. The fourth-order valence-electron chi connectivity index (χ4n) is 2.74. The van der Waals surface area contributed by atoms with Crippen molar-refractivity contribution in [3.63, 3.8) is 0 Å². The highest BCUT2D eigenvalue weighted by Crippen LogP contribution is 2.25. The first-order valence-electron chi connectivity index (χ1n) is 8.40. The van der Waals surface area contributed by atoms with Crippen LogP contribution in [0.1, 0.15) is 42.3 Å². The van der Waals surface area contributed by atoms with Crippen LogP contribution in [0.25, 0.3) is 0 Å². The van der Waals surface area contributed by atoms with Crippen molar-refractivity contribution < 1.29 is 9.59 Å². The summed E-state index contributed by atoms with van der Waals surface area (Å²) in [6, 6.07) is 8.10. The molecule has 1 aliphatic rings. The number of anilines is 1. The molecule has 1 atom stereocenters. The second kappa shape index (κ2) is 7.31. The zero-order chi connectivity index (χ0) is 18.0. The third-order valence-electron chi connectivity index (χ3n) is 4.24. The first kappa shape index (κ1) is 17.5. The maximum absolute atomic E-state index is 12.4. The number of amides is 2. The van der Waals surface area contributed by atoms with Crippen LogP contribution in [-0.4, -0.2) is 33.5 Å². The predicted molar refractivity (Wildman–Crippen MR) is 97.3 cm³/mol. The van der Waals surface area contributed by atoms with E-state index in [1.54, 1.807) is 4.90 Å². The highest BCUT2D eigenvalue weighted by atomic mass is 32.1. The normalized spacial score (nSPS) is 17.4. The van der Waals surface area contributed by atoms with Crippen LogP contribution in [0.2, 0.25) is 0 Å². The van der Waals surface area contributed by atoms with Gasteiger partial charge < -0.3 is 10.2 Å². The number of likely N-dealkylation sites (tertiary alicyclic amines) is 1. The van der Waals surface area contributed by atoms with E-state index in [0.29, 0.717) is 18.2 Å². The van der Waals surface area contributed by atoms with Crippen LogP contribution in [0.4, 0.5) is 5.13 Å². The molecule has 1 fully saturated rings. The molecule has 6 nitrogen and oxygen atoms in total. The number of aromatic nitrogens is 2. The minimum Gasteiger partial charge on any atom is -0.338 e. The van der Waals surface area contributed by atoms with Gasteiger partial charge in [-0.1, -0.05) is 55.0 Å². The van der Waals surface area contributed by atoms with Crippen molar-refractivity contribution in [1.29, 1.82) is 0 Å². The Morgan fingerprint density at radius 2 is 2.04 bits per heavy atom. The second-order valence-electron chi connectivity index (χ2n) is 6.75. The lowest BCUT2D eigenvalue weighted by Gasteiger charge is -2.16. The molecule has 0 saturated carbocycles. The predicted octanol–water partition coefficient (Wildman–Crippen LogP) is 2.96. The molecule has 2 heterocycles. The zero-order valence-corrected chi connectivity index (χ0v) is 15.5. The molecule has 1 saturated heterocycles. The molecule has 132 valence electrons. The summed E-state index contributed by atoms with van der Waals surface area (Å²) >= 11 is 1.38. The summed E-state index contributed by atoms with van der Waals surface area (Å²) < 4.78 is 0. The smallest absolute Gasteiger partial charge is 0.231 e. The van der Waals surface area contributed by atoms with E-state index >= 15 is 0 Å². The summed E-state index contributed by atoms with van der Waals surface area (Å²) in [5, 5.41) is 12.3. The largest absolute Gasteiger partial charge is 0.338 e. The van der Waals surface area contributed by atoms with E-state index in [1.165, 1.54) is 16.9 Å². The maximum Gasteiger partial charge on any atom is 0.231 e. The summed E-state index contributed by atoms with van der Waals surface area (Å²) in [6.07, 6.45) is 0.244. The number of hydrogen-bond acceptors (Lipinski definition) is 5. The van der Waals surface area contributed by atoms with Gasteiger partial charge in [0, 0.05) is 25.4 Å². The van der Waals surface area contributed by atoms with Gasteiger partial charge in [0.15, 0.2) is 0 Å². The number of carbonyl (C=O) groups is 2. The van der Waals surface area contributed by atoms with Gasteiger partial charge in [-0.2, -0.15) is 0 Å². The number of aryl methyl sites for hydroxylation is 1. The third kappa shape index (κ3) is 4.22. The van der Waals surface area contributed by atoms with Crippen LogP contribution >= 0.6 is 11.3 Å². The van der Waals surface area contributed by atoms with E-state index in [-0.39, 0.29) is 30.1 Å². The highest BCUT2D eigenvalue weighted by Gasteiger charge is 2.34. The molecule has 1 aromatic heterocycles. The molecule has 1 N–H and O–H groups in total. The first-order valence-corrected chi connectivity index (χ1v) is 9.21. The Morgan fingerprint density at radius 1 is 1.32 bits per heavy atom. The third-order valence-corrected chi connectivity index (χ3v) is 5.38. The Balaban J connectivity index is 1.59. The molecule has 7 heteroatoms. The lowest BCUT2D eigenvalue weighted by molar-refractivity contribution is -0.128. The van der Waals surface area contributed by atoms with Crippen molar-refractivity contribution in [2.45, 2.75) is 39.7 Å². The van der Waals surface area contributed by atoms with E-state index in [0.717, 1.165) is 10.6 Å². The summed E-state index contributed by atoms with van der Waals surface area (Å²) in [6.45, 7) is 7.08. The number of nitrogens with one attached hydrogen (secondary N) is 1. The molecular weight excluding hydrogens is 336 g/mol. The monoisotopic (exact) mass is 358 g/mol. The van der Waals surface area contributed by atoms with Gasteiger partial charge in [-0.25, -0.2) is 0 Å². The molecule has 0 radical (unpaired) electrons. The van der Waals surface area contributed by atoms with Gasteiger partial charge in [0.25, 0.3) is 0 Å². The summed E-state index contributed by atoms with van der Waals surface area (Å²) in [5.41, 5.74) is 2.26. The Morgan fingerprint density at radius 3 is 2.68 bits per heavy atom. The summed E-state index contributed by atoms with van der Waals surface area (Å²) in [7, 11) is 0. The van der Waals surface area contributed by atoms with Crippen molar-refractivity contribution in [1.82, 2.24) is 15.1 Å². The van der Waals surface area contributed by atoms with Gasteiger partial charge in [0.2, 0.25) is 16.9 Å². The Hall–Kier alpha value is -2.28. The van der Waals surface area contributed by atoms with Gasteiger partial charge in [-0.15, -0.1) is 10.2 Å². The van der Waals surface area contributed by atoms with E-state index in [9.17, 15) is 9.59 Å². The van der Waals surface area contributed by atoms with E-state index < -0.39 is 0 Å². The van der Waals surface area contributed by atoms with E-state index in [4.69, 9.17) is 0 Å². The van der Waals surface area contributed by atoms with Crippen LogP contribution in [0.3, 0.4) is 0 Å². The van der Waals surface area contributed by atoms with Crippen LogP contribution < -0.4 is 5.32 Å². The van der Waals surface area contributed by atoms with Crippen molar-refractivity contribution >= 4 is 28.3 Å². The molecule has 1 aromatic carbocycles. The molecule has 25 heavy (non-hydrogen) atoms. The second-order valence-corrected chi connectivity index (χ2v) is 7.76. The number of rotatable bonds is 5. The molecule has 0 aliphatic carbocycles. The molecule has 0 bridgehead atoms. The molecule has 2 aromatic rings. The standard InChI is InChI=1S/C18H22N4O2S/c1-11(2)17-20-21-18(25-17)19-16(24)14-8-15(23)22(10-14)9-13-6-4-12(3)5-7-13/h4-7,11,14H,8-10H2,1-3H3,(H,19,21,24). The van der Waals surface area contributed by atoms with Crippen molar-refractivity contribution in [3.8, 4) is 0 Å². The number of benzene rings is 1. The van der Waals surface area contributed by atoms with Crippen molar-refractivity contribution in [2.24, 2.45) is 5.92 Å². The van der Waals surface area contributed by atoms with Crippen molar-refractivity contribution in [2.75, 3.05) is 11.9 Å². The van der Waals surface area contributed by atoms with Gasteiger partial charge >= 0.3 is 0 Å². The highest BCUT2D eigenvalue weighted by molar-refractivity contribution is 7.15. The summed E-state index contributed by atoms with van der Waals surface area (Å²) in [5.74, 6) is -0.211. The van der Waals surface area contributed by atoms with E-state index in [2.05, 4.69) is 15.5 Å². The lowest BCUT2D eigenvalue weighted by atomic mass is 10.1. The zero-order valence-electron chi connectivity index (χ0n) is 14.7. The first-order chi connectivity index (χ1) is 11.9. The Labute approximate surface area is 151 Å². The number of hydrogen-bond donors (Lipinski definition) is 1. The fraction of sp³-hybridized carbons (Fsp3) is 0.444. The SMILES string of the molecule is Cc1ccc(CN2CC(C(=O)Nc3nnc(C(C)C)s3)CC2=O)cc1. The van der Waals surface area contributed by atoms with Crippen molar-refractivity contribution in [3.05, 3.63) is 40.4 Å². The molecular formula is C18H22N4O2S. The average molecular weight is 358 g/mol. The average Bonchev–Trinajstić information content (AvgIpc) is 3.17. The van der Waals surface area contributed by atoms with Crippen LogP contribution in [0.15, 0.2) is 24.3 Å². The maximum atomic E-state index is 12.4. The molecule has 0 spiro atoms. The lowest BCUT2D eigenvalue weighted by Crippen LogP contribution is -2.28. The van der Waals surface area contributed by atoms with E-state index in [1.807, 2.05) is 45.0 Å². The molecule has 1 aliphatic heterocycles. The van der Waals surface area contributed by atoms with Gasteiger partial charge in [-0.3, -0.25) is 9.59 Å². The molecule has 3 rings (SSSR count). The Kier molecular flexibility index (Phi) is 5.13. The van der Waals surface area contributed by atoms with Crippen LogP contribution in [-0.2, 0) is 16.1 Å². The quantitative estimate of drug-likeness (QED) is 0.892. The number of nitrogens with zero attached hydrogens (tertiary/aromatic N) is 3.